The molecular formula is C11H12N2O4S. The Balaban J connectivity index is 2.78. The van der Waals surface area contributed by atoms with Crippen LogP contribution in [0.3, 0.4) is 0 Å². The SMILES string of the molecule is CN(Cc1ccc(C#N)cc1)S(=O)(=O)CC(=O)O. The molecule has 1 aromatic rings. The molecule has 0 unspecified atom stereocenters. The normalized spacial score (nSPS) is 11.2. The summed E-state index contributed by atoms with van der Waals surface area (Å²) in [5.41, 5.74) is 1.17. The second-order valence-corrected chi connectivity index (χ2v) is 5.79. The maximum absolute atomic E-state index is 11.6. The number of carboxylic acid groups (broad SMARTS) is 1. The third-order valence-electron chi connectivity index (χ3n) is 2.27. The van der Waals surface area contributed by atoms with Crippen LogP contribution >= 0.6 is 0 Å². The van der Waals surface area contributed by atoms with Crippen molar-refractivity contribution in [2.45, 2.75) is 6.54 Å². The van der Waals surface area contributed by atoms with E-state index in [-0.39, 0.29) is 6.54 Å². The number of nitrogens with zero attached hydrogens (tertiary/aromatic N) is 2. The van der Waals surface area contributed by atoms with Crippen molar-refractivity contribution in [2.24, 2.45) is 0 Å². The Bertz CT molecular complexity index is 572. The van der Waals surface area contributed by atoms with Gasteiger partial charge in [0.1, 0.15) is 0 Å². The number of carboxylic acids is 1. The Morgan fingerprint density at radius 2 is 1.94 bits per heavy atom. The van der Waals surface area contributed by atoms with Gasteiger partial charge in [0.05, 0.1) is 11.6 Å². The molecule has 0 aliphatic rings. The molecule has 0 bridgehead atoms. The van der Waals surface area contributed by atoms with Gasteiger partial charge in [-0.15, -0.1) is 0 Å². The Labute approximate surface area is 105 Å². The van der Waals surface area contributed by atoms with Crippen molar-refractivity contribution in [3.05, 3.63) is 35.4 Å². The maximum atomic E-state index is 11.6. The molecule has 0 fully saturated rings. The first kappa shape index (κ1) is 14.2. The quantitative estimate of drug-likeness (QED) is 0.833. The van der Waals surface area contributed by atoms with Crippen LogP contribution < -0.4 is 0 Å². The average Bonchev–Trinajstić information content (AvgIpc) is 2.28. The summed E-state index contributed by atoms with van der Waals surface area (Å²) >= 11 is 0. The number of benzene rings is 1. The molecule has 0 atom stereocenters. The topological polar surface area (TPSA) is 98.5 Å². The first-order valence-electron chi connectivity index (χ1n) is 5.00. The van der Waals surface area contributed by atoms with E-state index in [9.17, 15) is 13.2 Å². The van der Waals surface area contributed by atoms with Crippen LogP contribution in [0.15, 0.2) is 24.3 Å². The number of rotatable bonds is 5. The van der Waals surface area contributed by atoms with Gasteiger partial charge < -0.3 is 5.11 Å². The number of sulfonamides is 1. The third-order valence-corrected chi connectivity index (χ3v) is 3.96. The fraction of sp³-hybridized carbons (Fsp3) is 0.273. The van der Waals surface area contributed by atoms with Crippen molar-refractivity contribution in [3.8, 4) is 6.07 Å². The number of carbonyl (C=O) groups is 1. The van der Waals surface area contributed by atoms with Gasteiger partial charge >= 0.3 is 5.97 Å². The summed E-state index contributed by atoms with van der Waals surface area (Å²) in [7, 11) is -2.49. The molecule has 0 spiro atoms. The van der Waals surface area contributed by atoms with E-state index in [0.717, 1.165) is 4.31 Å². The minimum atomic E-state index is -3.80. The zero-order valence-corrected chi connectivity index (χ0v) is 10.5. The molecule has 0 aliphatic carbocycles. The maximum Gasteiger partial charge on any atom is 0.320 e. The Morgan fingerprint density at radius 3 is 2.39 bits per heavy atom. The number of hydrogen-bond donors (Lipinski definition) is 1. The van der Waals surface area contributed by atoms with Crippen LogP contribution in [-0.2, 0) is 21.4 Å². The minimum Gasteiger partial charge on any atom is -0.480 e. The highest BCUT2D eigenvalue weighted by Crippen LogP contribution is 2.09. The van der Waals surface area contributed by atoms with Crippen LogP contribution in [0.5, 0.6) is 0 Å². The van der Waals surface area contributed by atoms with Crippen LogP contribution in [0.2, 0.25) is 0 Å². The molecule has 1 aromatic carbocycles. The number of aliphatic carboxylic acids is 1. The van der Waals surface area contributed by atoms with Crippen LogP contribution in [0.25, 0.3) is 0 Å². The van der Waals surface area contributed by atoms with Crippen LogP contribution in [0.1, 0.15) is 11.1 Å². The molecule has 0 saturated carbocycles. The summed E-state index contributed by atoms with van der Waals surface area (Å²) in [6, 6.07) is 8.37. The Hall–Kier alpha value is -1.91. The van der Waals surface area contributed by atoms with E-state index in [1.165, 1.54) is 7.05 Å². The van der Waals surface area contributed by atoms with Crippen LogP contribution in [0, 0.1) is 11.3 Å². The molecule has 0 heterocycles. The molecule has 0 radical (unpaired) electrons. The van der Waals surface area contributed by atoms with E-state index in [4.69, 9.17) is 10.4 Å². The molecule has 0 amide bonds. The van der Waals surface area contributed by atoms with Crippen molar-refractivity contribution in [1.29, 1.82) is 5.26 Å². The van der Waals surface area contributed by atoms with Crippen molar-refractivity contribution in [3.63, 3.8) is 0 Å². The predicted molar refractivity (Wildman–Crippen MR) is 64.0 cm³/mol. The van der Waals surface area contributed by atoms with E-state index in [1.807, 2.05) is 6.07 Å². The van der Waals surface area contributed by atoms with Gasteiger partial charge in [-0.1, -0.05) is 12.1 Å². The summed E-state index contributed by atoms with van der Waals surface area (Å²) in [5.74, 6) is -2.32. The monoisotopic (exact) mass is 268 g/mol. The summed E-state index contributed by atoms with van der Waals surface area (Å²) < 4.78 is 24.1. The molecule has 18 heavy (non-hydrogen) atoms. The van der Waals surface area contributed by atoms with Crippen molar-refractivity contribution < 1.29 is 18.3 Å². The summed E-state index contributed by atoms with van der Waals surface area (Å²) in [6.07, 6.45) is 0. The summed E-state index contributed by atoms with van der Waals surface area (Å²) in [5, 5.41) is 17.1. The van der Waals surface area contributed by atoms with Crippen molar-refractivity contribution in [2.75, 3.05) is 12.8 Å². The highest BCUT2D eigenvalue weighted by atomic mass is 32.2. The molecule has 0 aromatic heterocycles. The van der Waals surface area contributed by atoms with Crippen LogP contribution in [0.4, 0.5) is 0 Å². The van der Waals surface area contributed by atoms with Gasteiger partial charge in [0, 0.05) is 13.6 Å². The first-order valence-corrected chi connectivity index (χ1v) is 6.61. The van der Waals surface area contributed by atoms with Crippen LogP contribution in [-0.4, -0.2) is 36.6 Å². The Morgan fingerprint density at radius 1 is 1.39 bits per heavy atom. The van der Waals surface area contributed by atoms with Gasteiger partial charge in [-0.05, 0) is 17.7 Å². The molecule has 7 heteroatoms. The second kappa shape index (κ2) is 5.62. The van der Waals surface area contributed by atoms with Crippen molar-refractivity contribution >= 4 is 16.0 Å². The van der Waals surface area contributed by atoms with E-state index < -0.39 is 21.7 Å². The standard InChI is InChI=1S/C11H12N2O4S/c1-13(18(16,17)8-11(14)15)7-10-4-2-9(6-12)3-5-10/h2-5H,7-8H2,1H3,(H,14,15). The van der Waals surface area contributed by atoms with Gasteiger partial charge in [0.25, 0.3) is 0 Å². The molecule has 0 aliphatic heterocycles. The average molecular weight is 268 g/mol. The van der Waals surface area contributed by atoms with Gasteiger partial charge in [0.15, 0.2) is 5.75 Å². The highest BCUT2D eigenvalue weighted by molar-refractivity contribution is 7.89. The largest absolute Gasteiger partial charge is 0.480 e. The summed E-state index contributed by atoms with van der Waals surface area (Å²) in [6.45, 7) is 0.0708. The fourth-order valence-electron chi connectivity index (χ4n) is 1.31. The zero-order chi connectivity index (χ0) is 13.8. The smallest absolute Gasteiger partial charge is 0.320 e. The molecule has 1 rings (SSSR count). The Kier molecular flexibility index (Phi) is 4.42. The van der Waals surface area contributed by atoms with Gasteiger partial charge in [-0.3, -0.25) is 4.79 Å². The third kappa shape index (κ3) is 3.84. The molecule has 6 nitrogen and oxygen atoms in total. The minimum absolute atomic E-state index is 0.0708. The molecule has 0 saturated heterocycles. The van der Waals surface area contributed by atoms with E-state index >= 15 is 0 Å². The lowest BCUT2D eigenvalue weighted by atomic mass is 10.1. The molecular weight excluding hydrogens is 256 g/mol. The van der Waals surface area contributed by atoms with E-state index in [0.29, 0.717) is 11.1 Å². The first-order chi connectivity index (χ1) is 8.35. The zero-order valence-electron chi connectivity index (χ0n) is 9.70. The fourth-order valence-corrected chi connectivity index (χ4v) is 2.18. The lowest BCUT2D eigenvalue weighted by molar-refractivity contribution is -0.134. The second-order valence-electron chi connectivity index (χ2n) is 3.71. The van der Waals surface area contributed by atoms with Gasteiger partial charge in [-0.25, -0.2) is 12.7 Å². The number of hydrogen-bond acceptors (Lipinski definition) is 4. The highest BCUT2D eigenvalue weighted by Gasteiger charge is 2.21. The van der Waals surface area contributed by atoms with Crippen molar-refractivity contribution in [1.82, 2.24) is 4.31 Å². The summed E-state index contributed by atoms with van der Waals surface area (Å²) in [4.78, 5) is 10.4. The molecule has 1 N–H and O–H groups in total. The van der Waals surface area contributed by atoms with E-state index in [2.05, 4.69) is 0 Å². The van der Waals surface area contributed by atoms with Gasteiger partial charge in [0.2, 0.25) is 10.0 Å². The lowest BCUT2D eigenvalue weighted by Crippen LogP contribution is -2.31. The predicted octanol–water partition coefficient (Wildman–Crippen LogP) is 0.404. The van der Waals surface area contributed by atoms with E-state index in [1.54, 1.807) is 24.3 Å². The lowest BCUT2D eigenvalue weighted by Gasteiger charge is -2.15. The van der Waals surface area contributed by atoms with Gasteiger partial charge in [-0.2, -0.15) is 5.26 Å². The number of nitriles is 1. The molecule has 96 valence electrons.